The van der Waals surface area contributed by atoms with Gasteiger partial charge in [-0.15, -0.1) is 0 Å². The number of nitrogens with one attached hydrogen (secondary N) is 2. The molecule has 0 radical (unpaired) electrons. The highest BCUT2D eigenvalue weighted by atomic mass is 35.5. The van der Waals surface area contributed by atoms with Crippen LogP contribution in [0.2, 0.25) is 5.02 Å². The lowest BCUT2D eigenvalue weighted by molar-refractivity contribution is 0.314. The van der Waals surface area contributed by atoms with Crippen LogP contribution in [-0.2, 0) is 7.05 Å². The number of hydrogen-bond acceptors (Lipinski definition) is 8. The van der Waals surface area contributed by atoms with Gasteiger partial charge in [-0.05, 0) is 47.6 Å². The molecule has 11 heteroatoms. The molecule has 5 rings (SSSR count). The van der Waals surface area contributed by atoms with Crippen LogP contribution in [0.1, 0.15) is 5.69 Å². The molecule has 32 heavy (non-hydrogen) atoms. The van der Waals surface area contributed by atoms with Gasteiger partial charge in [-0.3, -0.25) is 9.48 Å². The average Bonchev–Trinajstić information content (AvgIpc) is 3.32. The first kappa shape index (κ1) is 19.8. The molecule has 160 valence electrons. The minimum Gasteiger partial charge on any atom is -0.337 e. The lowest BCUT2D eigenvalue weighted by Gasteiger charge is -2.11. The highest BCUT2D eigenvalue weighted by Crippen LogP contribution is 2.28. The highest BCUT2D eigenvalue weighted by Gasteiger charge is 2.20. The minimum absolute atomic E-state index is 0.209. The molecule has 10 nitrogen and oxygen atoms in total. The van der Waals surface area contributed by atoms with E-state index in [1.807, 2.05) is 50.4 Å². The fourth-order valence-electron chi connectivity index (χ4n) is 3.35. The van der Waals surface area contributed by atoms with E-state index in [1.165, 1.54) is 0 Å². The molecule has 0 spiro atoms. The number of para-hydroxylation sites is 1. The predicted octanol–water partition coefficient (Wildman–Crippen LogP) is 3.95. The van der Waals surface area contributed by atoms with Crippen molar-refractivity contribution >= 4 is 45.9 Å². The summed E-state index contributed by atoms with van der Waals surface area (Å²) in [6.07, 6.45) is 0. The number of benzene rings is 2. The number of aromatic nitrogens is 6. The van der Waals surface area contributed by atoms with E-state index in [0.717, 1.165) is 5.69 Å². The molecule has 0 aliphatic heterocycles. The summed E-state index contributed by atoms with van der Waals surface area (Å²) in [4.78, 5) is 22.2. The molecular formula is C21H17ClN8O2. The Hall–Kier alpha value is -4.18. The zero-order valence-corrected chi connectivity index (χ0v) is 17.8. The first-order valence-electron chi connectivity index (χ1n) is 9.65. The summed E-state index contributed by atoms with van der Waals surface area (Å²) in [6, 6.07) is 16.5. The van der Waals surface area contributed by atoms with E-state index in [9.17, 15) is 4.79 Å². The molecule has 0 atom stereocenters. The topological polar surface area (TPSA) is 116 Å². The van der Waals surface area contributed by atoms with E-state index in [-0.39, 0.29) is 16.9 Å². The van der Waals surface area contributed by atoms with Crippen molar-refractivity contribution in [2.24, 2.45) is 7.05 Å². The summed E-state index contributed by atoms with van der Waals surface area (Å²) in [5, 5.41) is 14.4. The second-order valence-electron chi connectivity index (χ2n) is 7.03. The smallest absolute Gasteiger partial charge is 0.295 e. The lowest BCUT2D eigenvalue weighted by Crippen LogP contribution is -2.20. The molecule has 2 N–H and O–H groups in total. The predicted molar refractivity (Wildman–Crippen MR) is 121 cm³/mol. The van der Waals surface area contributed by atoms with E-state index in [0.29, 0.717) is 33.7 Å². The van der Waals surface area contributed by atoms with Crippen molar-refractivity contribution in [1.82, 2.24) is 29.6 Å². The maximum Gasteiger partial charge on any atom is 0.295 e. The molecule has 0 saturated heterocycles. The van der Waals surface area contributed by atoms with E-state index in [4.69, 9.17) is 16.2 Å². The Morgan fingerprint density at radius 1 is 0.938 bits per heavy atom. The number of rotatable bonds is 5. The van der Waals surface area contributed by atoms with Crippen molar-refractivity contribution in [3.8, 4) is 5.69 Å². The molecule has 0 bridgehead atoms. The van der Waals surface area contributed by atoms with Gasteiger partial charge in [0.05, 0.1) is 11.4 Å². The molecule has 0 amide bonds. The monoisotopic (exact) mass is 448 g/mol. The SMILES string of the molecule is Cc1c(Nc2nc3nonc3nc2Nc2cccc(Cl)c2)c(=O)n(-c2ccccc2)n1C. The van der Waals surface area contributed by atoms with E-state index in [1.54, 1.807) is 27.6 Å². The number of halogens is 1. The number of fused-ring (bicyclic) bond motifs is 1. The minimum atomic E-state index is -0.231. The molecule has 0 saturated carbocycles. The van der Waals surface area contributed by atoms with Crippen LogP contribution in [0.5, 0.6) is 0 Å². The lowest BCUT2D eigenvalue weighted by atomic mass is 10.3. The quantitative estimate of drug-likeness (QED) is 0.415. The first-order valence-corrected chi connectivity index (χ1v) is 10.0. The third kappa shape index (κ3) is 3.46. The summed E-state index contributed by atoms with van der Waals surface area (Å²) < 4.78 is 8.10. The van der Waals surface area contributed by atoms with Crippen molar-refractivity contribution in [2.45, 2.75) is 6.92 Å². The van der Waals surface area contributed by atoms with Crippen molar-refractivity contribution in [3.63, 3.8) is 0 Å². The molecule has 0 aliphatic rings. The molecule has 0 aliphatic carbocycles. The van der Waals surface area contributed by atoms with Gasteiger partial charge in [-0.2, -0.15) is 0 Å². The molecule has 3 heterocycles. The molecule has 0 fully saturated rings. The largest absolute Gasteiger partial charge is 0.337 e. The Morgan fingerprint density at radius 2 is 1.62 bits per heavy atom. The summed E-state index contributed by atoms with van der Waals surface area (Å²) in [5.74, 6) is 0.628. The van der Waals surface area contributed by atoms with Crippen LogP contribution >= 0.6 is 11.6 Å². The second-order valence-corrected chi connectivity index (χ2v) is 7.47. The maximum atomic E-state index is 13.3. The summed E-state index contributed by atoms with van der Waals surface area (Å²) in [6.45, 7) is 1.84. The maximum absolute atomic E-state index is 13.3. The molecule has 3 aromatic heterocycles. The van der Waals surface area contributed by atoms with E-state index < -0.39 is 0 Å². The first-order chi connectivity index (χ1) is 15.5. The zero-order valence-electron chi connectivity index (χ0n) is 17.1. The van der Waals surface area contributed by atoms with Crippen LogP contribution in [0.25, 0.3) is 17.0 Å². The Bertz CT molecular complexity index is 1490. The highest BCUT2D eigenvalue weighted by molar-refractivity contribution is 6.30. The van der Waals surface area contributed by atoms with E-state index >= 15 is 0 Å². The normalized spacial score (nSPS) is 11.1. The Morgan fingerprint density at radius 3 is 2.31 bits per heavy atom. The van der Waals surface area contributed by atoms with Crippen molar-refractivity contribution in [2.75, 3.05) is 10.6 Å². The van der Waals surface area contributed by atoms with Gasteiger partial charge in [-0.25, -0.2) is 19.3 Å². The Kier molecular flexibility index (Phi) is 4.83. The van der Waals surface area contributed by atoms with Gasteiger partial charge in [0.15, 0.2) is 11.6 Å². The number of anilines is 4. The fourth-order valence-corrected chi connectivity index (χ4v) is 3.54. The summed E-state index contributed by atoms with van der Waals surface area (Å²) in [7, 11) is 1.82. The Balaban J connectivity index is 1.61. The summed E-state index contributed by atoms with van der Waals surface area (Å²) >= 11 is 6.10. The number of nitrogens with zero attached hydrogens (tertiary/aromatic N) is 6. The van der Waals surface area contributed by atoms with Crippen LogP contribution in [-0.4, -0.2) is 29.6 Å². The Labute approximate surface area is 186 Å². The van der Waals surface area contributed by atoms with Crippen molar-refractivity contribution < 1.29 is 4.63 Å². The molecule has 5 aromatic rings. The fraction of sp³-hybridized carbons (Fsp3) is 0.0952. The second kappa shape index (κ2) is 7.82. The van der Waals surface area contributed by atoms with Gasteiger partial charge < -0.3 is 10.6 Å². The standard InChI is InChI=1S/C21H17ClN8O2/c1-12-16(21(31)30(29(12)2)15-9-4-3-5-10-15)24-18-17(23-14-8-6-7-13(22)11-14)25-19-20(26-18)28-32-27-19/h3-11H,1-2H3,(H,23,25,27)(H,24,26,28). The molecular weight excluding hydrogens is 432 g/mol. The third-order valence-electron chi connectivity index (χ3n) is 5.00. The summed E-state index contributed by atoms with van der Waals surface area (Å²) in [5.41, 5.74) is 2.72. The van der Waals surface area contributed by atoms with Gasteiger partial charge >= 0.3 is 0 Å². The van der Waals surface area contributed by atoms with Crippen molar-refractivity contribution in [1.29, 1.82) is 0 Å². The van der Waals surface area contributed by atoms with Crippen LogP contribution in [0.15, 0.2) is 64.0 Å². The number of hydrogen-bond donors (Lipinski definition) is 2. The van der Waals surface area contributed by atoms with Gasteiger partial charge in [-0.1, -0.05) is 35.9 Å². The van der Waals surface area contributed by atoms with Crippen LogP contribution in [0.3, 0.4) is 0 Å². The molecule has 2 aromatic carbocycles. The van der Waals surface area contributed by atoms with Gasteiger partial charge in [0, 0.05) is 17.8 Å². The van der Waals surface area contributed by atoms with Gasteiger partial charge in [0.1, 0.15) is 5.69 Å². The van der Waals surface area contributed by atoms with Crippen LogP contribution < -0.4 is 16.2 Å². The third-order valence-corrected chi connectivity index (χ3v) is 5.23. The van der Waals surface area contributed by atoms with Crippen LogP contribution in [0.4, 0.5) is 23.0 Å². The van der Waals surface area contributed by atoms with Crippen LogP contribution in [0, 0.1) is 6.92 Å². The van der Waals surface area contributed by atoms with Gasteiger partial charge in [0.2, 0.25) is 11.3 Å². The average molecular weight is 449 g/mol. The van der Waals surface area contributed by atoms with Gasteiger partial charge in [0.25, 0.3) is 5.56 Å². The van der Waals surface area contributed by atoms with E-state index in [2.05, 4.69) is 30.9 Å². The molecule has 0 unspecified atom stereocenters. The van der Waals surface area contributed by atoms with Crippen molar-refractivity contribution in [3.05, 3.63) is 75.7 Å². The zero-order chi connectivity index (χ0) is 22.2.